The summed E-state index contributed by atoms with van der Waals surface area (Å²) in [5.74, 6) is -0.704. The second-order valence-electron chi connectivity index (χ2n) is 6.38. The first-order valence-corrected chi connectivity index (χ1v) is 8.37. The summed E-state index contributed by atoms with van der Waals surface area (Å²) in [5, 5.41) is 4.89. The molecule has 0 unspecified atom stereocenters. The van der Waals surface area contributed by atoms with Crippen LogP contribution in [0.15, 0.2) is 59.8 Å². The molecule has 0 aliphatic carbocycles. The third kappa shape index (κ3) is 4.02. The summed E-state index contributed by atoms with van der Waals surface area (Å²) in [6, 6.07) is 12.3. The van der Waals surface area contributed by atoms with Crippen molar-refractivity contribution in [2.24, 2.45) is 5.10 Å². The molecule has 140 valence electrons. The molecule has 1 heterocycles. The minimum absolute atomic E-state index is 0.105. The first-order valence-electron chi connectivity index (χ1n) is 8.37. The van der Waals surface area contributed by atoms with Gasteiger partial charge in [0.15, 0.2) is 0 Å². The van der Waals surface area contributed by atoms with Crippen molar-refractivity contribution in [3.05, 3.63) is 71.4 Å². The molecule has 27 heavy (non-hydrogen) atoms. The van der Waals surface area contributed by atoms with Crippen LogP contribution < -0.4 is 5.43 Å². The number of amides is 1. The number of para-hydroxylation sites is 1. The summed E-state index contributed by atoms with van der Waals surface area (Å²) in [4.78, 5) is 12.1. The van der Waals surface area contributed by atoms with E-state index < -0.39 is 17.6 Å². The third-order valence-electron chi connectivity index (χ3n) is 4.15. The highest BCUT2D eigenvalue weighted by atomic mass is 19.4. The lowest BCUT2D eigenvalue weighted by Crippen LogP contribution is -2.18. The Kier molecular flexibility index (Phi) is 5.03. The Morgan fingerprint density at radius 3 is 2.59 bits per heavy atom. The molecule has 0 aliphatic rings. The molecule has 0 saturated heterocycles. The minimum atomic E-state index is -4.50. The minimum Gasteiger partial charge on any atom is -0.344 e. The molecule has 0 atom stereocenters. The van der Waals surface area contributed by atoms with Crippen molar-refractivity contribution in [1.82, 2.24) is 9.99 Å². The molecule has 3 rings (SSSR count). The summed E-state index contributed by atoms with van der Waals surface area (Å²) >= 11 is 0. The summed E-state index contributed by atoms with van der Waals surface area (Å²) in [5.41, 5.74) is 3.15. The quantitative estimate of drug-likeness (QED) is 0.507. The van der Waals surface area contributed by atoms with Gasteiger partial charge in [0, 0.05) is 34.3 Å². The monoisotopic (exact) mass is 373 g/mol. The lowest BCUT2D eigenvalue weighted by Gasteiger charge is -2.08. The van der Waals surface area contributed by atoms with Crippen LogP contribution in [0.3, 0.4) is 0 Å². The van der Waals surface area contributed by atoms with Crippen molar-refractivity contribution in [1.29, 1.82) is 0 Å². The molecule has 2 aromatic carbocycles. The Bertz CT molecular complexity index is 1000. The van der Waals surface area contributed by atoms with E-state index in [9.17, 15) is 18.0 Å². The van der Waals surface area contributed by atoms with Gasteiger partial charge >= 0.3 is 6.18 Å². The smallest absolute Gasteiger partial charge is 0.344 e. The summed E-state index contributed by atoms with van der Waals surface area (Å²) < 4.78 is 40.4. The summed E-state index contributed by atoms with van der Waals surface area (Å²) in [7, 11) is 0. The molecule has 0 aliphatic heterocycles. The first-order chi connectivity index (χ1) is 12.8. The lowest BCUT2D eigenvalue weighted by atomic mass is 10.1. The molecule has 3 aromatic rings. The number of hydrazone groups is 1. The molecule has 7 heteroatoms. The number of carbonyl (C=O) groups is 1. The van der Waals surface area contributed by atoms with Gasteiger partial charge in [-0.05, 0) is 38.1 Å². The third-order valence-corrected chi connectivity index (χ3v) is 4.15. The molecular formula is C20H18F3N3O. The molecule has 0 fully saturated rings. The van der Waals surface area contributed by atoms with Gasteiger partial charge in [0.1, 0.15) is 0 Å². The number of aromatic nitrogens is 1. The Balaban J connectivity index is 1.80. The van der Waals surface area contributed by atoms with Gasteiger partial charge in [-0.1, -0.05) is 24.3 Å². The average Bonchev–Trinajstić information content (AvgIpc) is 3.00. The van der Waals surface area contributed by atoms with Crippen LogP contribution in [-0.2, 0) is 6.18 Å². The molecule has 1 aromatic heterocycles. The Hall–Kier alpha value is -3.09. The second kappa shape index (κ2) is 7.26. The first kappa shape index (κ1) is 18.7. The van der Waals surface area contributed by atoms with Gasteiger partial charge in [-0.3, -0.25) is 4.79 Å². The molecular weight excluding hydrogens is 355 g/mol. The SMILES string of the molecule is CC(C)n1cc(/C=N\NC(=O)c2cccc(C(F)(F)F)c2)c2ccccc21. The van der Waals surface area contributed by atoms with Gasteiger partial charge in [-0.15, -0.1) is 0 Å². The van der Waals surface area contributed by atoms with Crippen molar-refractivity contribution in [3.8, 4) is 0 Å². The number of halogens is 3. The standard InChI is InChI=1S/C20H18F3N3O/c1-13(2)26-12-15(17-8-3-4-9-18(17)26)11-24-25-19(27)14-6-5-7-16(10-14)20(21,22)23/h3-13H,1-2H3,(H,25,27)/b24-11-. The van der Waals surface area contributed by atoms with Gasteiger partial charge in [0.05, 0.1) is 11.8 Å². The number of rotatable bonds is 4. The molecule has 1 N–H and O–H groups in total. The molecule has 0 radical (unpaired) electrons. The predicted octanol–water partition coefficient (Wildman–Crippen LogP) is 5.00. The second-order valence-corrected chi connectivity index (χ2v) is 6.38. The maximum absolute atomic E-state index is 12.8. The molecule has 4 nitrogen and oxygen atoms in total. The molecule has 0 spiro atoms. The van der Waals surface area contributed by atoms with Crippen LogP contribution in [0.5, 0.6) is 0 Å². The van der Waals surface area contributed by atoms with Crippen LogP contribution in [0.2, 0.25) is 0 Å². The average molecular weight is 373 g/mol. The fraction of sp³-hybridized carbons (Fsp3) is 0.200. The fourth-order valence-corrected chi connectivity index (χ4v) is 2.82. The summed E-state index contributed by atoms with van der Waals surface area (Å²) in [6.45, 7) is 4.12. The van der Waals surface area contributed by atoms with Crippen LogP contribution in [0.1, 0.15) is 41.4 Å². The highest BCUT2D eigenvalue weighted by molar-refractivity contribution is 6.00. The van der Waals surface area contributed by atoms with E-state index in [4.69, 9.17) is 0 Å². The Morgan fingerprint density at radius 1 is 1.15 bits per heavy atom. The van der Waals surface area contributed by atoms with E-state index in [1.807, 2.05) is 30.5 Å². The summed E-state index contributed by atoms with van der Waals surface area (Å²) in [6.07, 6.45) is -1.08. The number of benzene rings is 2. The zero-order valence-corrected chi connectivity index (χ0v) is 14.8. The van der Waals surface area contributed by atoms with Crippen LogP contribution in [0.25, 0.3) is 10.9 Å². The van der Waals surface area contributed by atoms with Gasteiger partial charge < -0.3 is 4.57 Å². The number of hydrogen-bond donors (Lipinski definition) is 1. The van der Waals surface area contributed by atoms with Crippen molar-refractivity contribution in [2.45, 2.75) is 26.1 Å². The Morgan fingerprint density at radius 2 is 1.89 bits per heavy atom. The normalized spacial score (nSPS) is 12.2. The number of hydrogen-bond acceptors (Lipinski definition) is 2. The van der Waals surface area contributed by atoms with Crippen LogP contribution in [0.4, 0.5) is 13.2 Å². The topological polar surface area (TPSA) is 46.4 Å². The van der Waals surface area contributed by atoms with Crippen molar-refractivity contribution in [2.75, 3.05) is 0 Å². The van der Waals surface area contributed by atoms with E-state index in [2.05, 4.69) is 28.9 Å². The Labute approximate surface area is 154 Å². The molecule has 0 bridgehead atoms. The molecule has 0 saturated carbocycles. The van der Waals surface area contributed by atoms with Crippen molar-refractivity contribution in [3.63, 3.8) is 0 Å². The van der Waals surface area contributed by atoms with Crippen LogP contribution in [0, 0.1) is 0 Å². The zero-order chi connectivity index (χ0) is 19.6. The maximum Gasteiger partial charge on any atom is 0.416 e. The van der Waals surface area contributed by atoms with Crippen molar-refractivity contribution >= 4 is 23.0 Å². The number of fused-ring (bicyclic) bond motifs is 1. The van der Waals surface area contributed by atoms with Crippen LogP contribution in [-0.4, -0.2) is 16.7 Å². The molecule has 1 amide bonds. The largest absolute Gasteiger partial charge is 0.416 e. The van der Waals surface area contributed by atoms with Gasteiger partial charge in [-0.25, -0.2) is 5.43 Å². The zero-order valence-electron chi connectivity index (χ0n) is 14.8. The maximum atomic E-state index is 12.8. The van der Waals surface area contributed by atoms with E-state index in [-0.39, 0.29) is 11.6 Å². The van der Waals surface area contributed by atoms with Gasteiger partial charge in [0.2, 0.25) is 0 Å². The number of alkyl halides is 3. The fourth-order valence-electron chi connectivity index (χ4n) is 2.82. The number of carbonyl (C=O) groups excluding carboxylic acids is 1. The lowest BCUT2D eigenvalue weighted by molar-refractivity contribution is -0.137. The van der Waals surface area contributed by atoms with E-state index in [1.165, 1.54) is 18.3 Å². The predicted molar refractivity (Wildman–Crippen MR) is 98.8 cm³/mol. The van der Waals surface area contributed by atoms with Crippen molar-refractivity contribution < 1.29 is 18.0 Å². The van der Waals surface area contributed by atoms with E-state index in [0.717, 1.165) is 28.6 Å². The van der Waals surface area contributed by atoms with E-state index in [0.29, 0.717) is 0 Å². The number of nitrogens with zero attached hydrogens (tertiary/aromatic N) is 2. The van der Waals surface area contributed by atoms with E-state index >= 15 is 0 Å². The van der Waals surface area contributed by atoms with Gasteiger partial charge in [-0.2, -0.15) is 18.3 Å². The van der Waals surface area contributed by atoms with Gasteiger partial charge in [0.25, 0.3) is 5.91 Å². The highest BCUT2D eigenvalue weighted by Gasteiger charge is 2.30. The van der Waals surface area contributed by atoms with E-state index in [1.54, 1.807) is 0 Å². The highest BCUT2D eigenvalue weighted by Crippen LogP contribution is 2.29. The number of nitrogens with one attached hydrogen (secondary N) is 1. The van der Waals surface area contributed by atoms with Crippen LogP contribution >= 0.6 is 0 Å².